The van der Waals surface area contributed by atoms with Crippen molar-refractivity contribution in [3.8, 4) is 0 Å². The zero-order valence-corrected chi connectivity index (χ0v) is 16.7. The van der Waals surface area contributed by atoms with Crippen molar-refractivity contribution in [2.45, 2.75) is 31.5 Å². The van der Waals surface area contributed by atoms with Gasteiger partial charge in [0.2, 0.25) is 0 Å². The number of halogens is 3. The number of aliphatic hydroxyl groups is 1. The van der Waals surface area contributed by atoms with Crippen LogP contribution in [0.5, 0.6) is 0 Å². The van der Waals surface area contributed by atoms with Gasteiger partial charge in [0.1, 0.15) is 10.9 Å². The number of hydrogen-bond acceptors (Lipinski definition) is 6. The molecule has 9 nitrogen and oxygen atoms in total. The third kappa shape index (κ3) is 4.40. The summed E-state index contributed by atoms with van der Waals surface area (Å²) in [6.45, 7) is 1.14. The number of carbonyl (C=O) groups is 1. The normalized spacial score (nSPS) is 15.6. The number of fused-ring (bicyclic) bond motifs is 1. The average Bonchev–Trinajstić information content (AvgIpc) is 3.12. The van der Waals surface area contributed by atoms with Crippen molar-refractivity contribution in [3.05, 3.63) is 52.4 Å². The van der Waals surface area contributed by atoms with E-state index in [1.165, 1.54) is 24.4 Å². The van der Waals surface area contributed by atoms with E-state index in [2.05, 4.69) is 15.4 Å². The number of nitrogens with zero attached hydrogens (tertiary/aromatic N) is 3. The molecule has 1 aliphatic heterocycles. The summed E-state index contributed by atoms with van der Waals surface area (Å²) in [5, 5.41) is 16.5. The molecule has 1 atom stereocenters. The molecular formula is C20H20F3N5O4. The minimum Gasteiger partial charge on any atom is -0.379 e. The molecule has 0 bridgehead atoms. The topological polar surface area (TPSA) is 112 Å². The van der Waals surface area contributed by atoms with E-state index in [4.69, 9.17) is 4.84 Å². The molecule has 1 aromatic carbocycles. The van der Waals surface area contributed by atoms with Gasteiger partial charge in [0, 0.05) is 25.0 Å². The average molecular weight is 451 g/mol. The number of piperidine rings is 1. The van der Waals surface area contributed by atoms with E-state index in [0.29, 0.717) is 18.8 Å². The number of H-pyrrole nitrogens is 1. The number of aromatic amines is 1. The molecule has 1 saturated heterocycles. The fraction of sp³-hybridized carbons (Fsp3) is 0.350. The minimum absolute atomic E-state index is 0.0532. The second kappa shape index (κ2) is 8.54. The van der Waals surface area contributed by atoms with Crippen molar-refractivity contribution in [1.82, 2.24) is 19.8 Å². The number of amides is 1. The Bertz CT molecular complexity index is 1170. The fourth-order valence-corrected chi connectivity index (χ4v) is 3.49. The van der Waals surface area contributed by atoms with Crippen LogP contribution in [0, 0.1) is 0 Å². The predicted octanol–water partition coefficient (Wildman–Crippen LogP) is 3.10. The van der Waals surface area contributed by atoms with Gasteiger partial charge in [0.25, 0.3) is 5.56 Å². The Morgan fingerprint density at radius 3 is 2.50 bits per heavy atom. The summed E-state index contributed by atoms with van der Waals surface area (Å²) >= 11 is 0. The molecule has 1 unspecified atom stereocenters. The molecule has 0 aliphatic carbocycles. The molecule has 1 fully saturated rings. The van der Waals surface area contributed by atoms with E-state index in [1.807, 2.05) is 0 Å². The van der Waals surface area contributed by atoms with Crippen LogP contribution in [0.2, 0.25) is 0 Å². The van der Waals surface area contributed by atoms with Gasteiger partial charge < -0.3 is 20.3 Å². The van der Waals surface area contributed by atoms with E-state index in [0.717, 1.165) is 36.2 Å². The fourth-order valence-electron chi connectivity index (χ4n) is 3.49. The van der Waals surface area contributed by atoms with Gasteiger partial charge in [-0.3, -0.25) is 9.63 Å². The number of pyridine rings is 1. The molecule has 170 valence electrons. The molecule has 3 heterocycles. The van der Waals surface area contributed by atoms with Crippen LogP contribution < -0.4 is 15.7 Å². The second-order valence-electron chi connectivity index (χ2n) is 7.38. The van der Waals surface area contributed by atoms with Crippen LogP contribution in [0.25, 0.3) is 10.9 Å². The van der Waals surface area contributed by atoms with Crippen LogP contribution in [0.1, 0.15) is 30.9 Å². The van der Waals surface area contributed by atoms with Gasteiger partial charge >= 0.3 is 12.3 Å². The number of anilines is 2. The zero-order chi connectivity index (χ0) is 22.9. The molecule has 12 heteroatoms. The lowest BCUT2D eigenvalue weighted by Gasteiger charge is -2.25. The maximum atomic E-state index is 12.7. The van der Waals surface area contributed by atoms with Gasteiger partial charge in [0.05, 0.1) is 0 Å². The molecule has 3 N–H and O–H groups in total. The van der Waals surface area contributed by atoms with Crippen molar-refractivity contribution >= 4 is 28.5 Å². The number of alkyl halides is 3. The number of carbonyl (C=O) groups excluding carboxylic acids is 1. The van der Waals surface area contributed by atoms with Crippen LogP contribution in [0.3, 0.4) is 0 Å². The van der Waals surface area contributed by atoms with Gasteiger partial charge in [-0.25, -0.2) is 4.79 Å². The van der Waals surface area contributed by atoms with Crippen molar-refractivity contribution in [2.75, 3.05) is 18.4 Å². The standard InChI is InChI=1S/C20H20F3N5O4/c21-20(22,23)16(29)12-4-6-13(7-5-12)25-17-15-14(8-9-24-18(15)30)28(26-17)32-19(31)27-10-2-1-3-11-27/h4-9,16,29H,1-3,10-11H2,(H,24,30)(H,25,26). The third-order valence-corrected chi connectivity index (χ3v) is 5.15. The summed E-state index contributed by atoms with van der Waals surface area (Å²) in [5.41, 5.74) is -0.257. The number of likely N-dealkylation sites (tertiary alicyclic amines) is 1. The first-order valence-electron chi connectivity index (χ1n) is 9.93. The highest BCUT2D eigenvalue weighted by molar-refractivity contribution is 5.91. The van der Waals surface area contributed by atoms with Gasteiger partial charge in [-0.1, -0.05) is 17.0 Å². The Kier molecular flexibility index (Phi) is 5.78. The monoisotopic (exact) mass is 451 g/mol. The van der Waals surface area contributed by atoms with Crippen molar-refractivity contribution < 1.29 is 27.9 Å². The maximum absolute atomic E-state index is 12.7. The summed E-state index contributed by atoms with van der Waals surface area (Å²) < 4.78 is 38.0. The molecule has 32 heavy (non-hydrogen) atoms. The molecule has 3 aromatic rings. The number of aliphatic hydroxyl groups excluding tert-OH is 1. The molecule has 1 amide bonds. The zero-order valence-electron chi connectivity index (χ0n) is 16.7. The van der Waals surface area contributed by atoms with Crippen molar-refractivity contribution in [1.29, 1.82) is 0 Å². The third-order valence-electron chi connectivity index (χ3n) is 5.15. The van der Waals surface area contributed by atoms with Gasteiger partial charge in [0.15, 0.2) is 11.9 Å². The summed E-state index contributed by atoms with van der Waals surface area (Å²) in [7, 11) is 0. The smallest absolute Gasteiger partial charge is 0.379 e. The van der Waals surface area contributed by atoms with Gasteiger partial charge in [-0.05, 0) is 43.0 Å². The Balaban J connectivity index is 1.60. The molecule has 2 aromatic heterocycles. The summed E-state index contributed by atoms with van der Waals surface area (Å²) in [5.74, 6) is 0.0532. The van der Waals surface area contributed by atoms with Gasteiger partial charge in [-0.15, -0.1) is 5.10 Å². The van der Waals surface area contributed by atoms with Crippen LogP contribution in [-0.4, -0.2) is 50.3 Å². The van der Waals surface area contributed by atoms with Crippen molar-refractivity contribution in [2.24, 2.45) is 0 Å². The van der Waals surface area contributed by atoms with E-state index in [1.54, 1.807) is 4.90 Å². The summed E-state index contributed by atoms with van der Waals surface area (Å²) in [6.07, 6.45) is -3.80. The second-order valence-corrected chi connectivity index (χ2v) is 7.38. The first-order valence-corrected chi connectivity index (χ1v) is 9.93. The molecule has 4 rings (SSSR count). The Morgan fingerprint density at radius 2 is 1.84 bits per heavy atom. The predicted molar refractivity (Wildman–Crippen MR) is 108 cm³/mol. The Morgan fingerprint density at radius 1 is 1.16 bits per heavy atom. The quantitative estimate of drug-likeness (QED) is 0.562. The SMILES string of the molecule is O=C(On1nc(Nc2ccc(C(O)C(F)(F)F)cc2)c2c(=O)[nH]ccc21)N1CCCCC1. The highest BCUT2D eigenvalue weighted by Gasteiger charge is 2.39. The lowest BCUT2D eigenvalue weighted by molar-refractivity contribution is -0.206. The van der Waals surface area contributed by atoms with Crippen molar-refractivity contribution in [3.63, 3.8) is 0 Å². The molecule has 0 radical (unpaired) electrons. The van der Waals surface area contributed by atoms with E-state index >= 15 is 0 Å². The highest BCUT2D eigenvalue weighted by Crippen LogP contribution is 2.33. The van der Waals surface area contributed by atoms with Crippen LogP contribution in [0.15, 0.2) is 41.3 Å². The maximum Gasteiger partial charge on any atom is 0.435 e. The van der Waals surface area contributed by atoms with Crippen LogP contribution in [0.4, 0.5) is 29.5 Å². The lowest BCUT2D eigenvalue weighted by Crippen LogP contribution is -2.40. The molecule has 0 spiro atoms. The van der Waals surface area contributed by atoms with Crippen LogP contribution in [-0.2, 0) is 0 Å². The summed E-state index contributed by atoms with van der Waals surface area (Å²) in [4.78, 5) is 35.2. The van der Waals surface area contributed by atoms with Crippen LogP contribution >= 0.6 is 0 Å². The number of nitrogens with one attached hydrogen (secondary N) is 2. The molecular weight excluding hydrogens is 431 g/mol. The van der Waals surface area contributed by atoms with E-state index in [9.17, 15) is 27.9 Å². The summed E-state index contributed by atoms with van der Waals surface area (Å²) in [6, 6.07) is 6.36. The number of aromatic nitrogens is 3. The Hall–Kier alpha value is -3.54. The number of hydrogen-bond donors (Lipinski definition) is 3. The largest absolute Gasteiger partial charge is 0.435 e. The molecule has 0 saturated carbocycles. The first-order chi connectivity index (χ1) is 15.2. The van der Waals surface area contributed by atoms with Gasteiger partial charge in [-0.2, -0.15) is 13.2 Å². The van der Waals surface area contributed by atoms with E-state index < -0.39 is 23.9 Å². The Labute approximate surface area is 179 Å². The highest BCUT2D eigenvalue weighted by atomic mass is 19.4. The first kappa shape index (κ1) is 21.7. The molecule has 1 aliphatic rings. The van der Waals surface area contributed by atoms with E-state index in [-0.39, 0.29) is 22.3 Å². The number of rotatable bonds is 4. The minimum atomic E-state index is -4.78. The lowest BCUT2D eigenvalue weighted by atomic mass is 10.1. The number of benzene rings is 1.